The summed E-state index contributed by atoms with van der Waals surface area (Å²) < 4.78 is 84.4. The average Bonchev–Trinajstić information content (AvgIpc) is 2.72. The first kappa shape index (κ1) is 20.4. The molecule has 0 fully saturated rings. The van der Waals surface area contributed by atoms with Crippen LogP contribution >= 0.6 is 0 Å². The fourth-order valence-corrected chi connectivity index (χ4v) is 1.42. The van der Waals surface area contributed by atoms with Gasteiger partial charge in [0.05, 0.1) is 15.8 Å². The highest BCUT2D eigenvalue weighted by atomic mass is 32.2. The number of hydrogen-bond donors (Lipinski definition) is 0. The number of hydrogen-bond acceptors (Lipinski definition) is 7. The zero-order chi connectivity index (χ0) is 19.6. The predicted molar refractivity (Wildman–Crippen MR) is 65.9 cm³/mol. The highest BCUT2D eigenvalue weighted by Gasteiger charge is 2.36. The van der Waals surface area contributed by atoms with Gasteiger partial charge in [-0.15, -0.1) is 4.68 Å². The van der Waals surface area contributed by atoms with E-state index in [1.54, 1.807) is 0 Å². The van der Waals surface area contributed by atoms with E-state index in [1.807, 2.05) is 0 Å². The van der Waals surface area contributed by atoms with Crippen molar-refractivity contribution >= 4 is 26.8 Å². The van der Waals surface area contributed by atoms with Gasteiger partial charge in [-0.25, -0.2) is 13.3 Å². The van der Waals surface area contributed by atoms with Crippen molar-refractivity contribution in [1.29, 1.82) is 0 Å². The van der Waals surface area contributed by atoms with Crippen LogP contribution in [0.15, 0.2) is 18.2 Å². The first-order valence-electron chi connectivity index (χ1n) is 5.75. The van der Waals surface area contributed by atoms with Gasteiger partial charge in [0.1, 0.15) is 12.3 Å². The SMILES string of the molecule is C[n+]1nn(OC(F)F)c2cc([N+](=O)[O-])ccc21.O=S(=O)([O-])C(F)(F)F. The van der Waals surface area contributed by atoms with Gasteiger partial charge >= 0.3 is 12.1 Å². The second kappa shape index (κ2) is 7.09. The number of aryl methyl sites for hydroxylation is 1. The Morgan fingerprint density at radius 2 is 1.88 bits per heavy atom. The number of nitro benzene ring substituents is 1. The molecular weight excluding hydrogens is 387 g/mol. The van der Waals surface area contributed by atoms with Gasteiger partial charge in [0.15, 0.2) is 10.1 Å². The molecule has 0 aliphatic heterocycles. The molecule has 0 saturated heterocycles. The fraction of sp³-hybridized carbons (Fsp3) is 0.333. The first-order chi connectivity index (χ1) is 11.2. The molecule has 0 amide bonds. The van der Waals surface area contributed by atoms with Crippen LogP contribution in [0, 0.1) is 10.1 Å². The van der Waals surface area contributed by atoms with Crippen molar-refractivity contribution in [1.82, 2.24) is 10.1 Å². The Morgan fingerprint density at radius 1 is 1.36 bits per heavy atom. The second-order valence-corrected chi connectivity index (χ2v) is 5.45. The lowest BCUT2D eigenvalue weighted by atomic mass is 10.3. The molecule has 0 bridgehead atoms. The number of benzene rings is 1. The van der Waals surface area contributed by atoms with Gasteiger partial charge in [0, 0.05) is 6.07 Å². The Morgan fingerprint density at radius 3 is 2.28 bits per heavy atom. The summed E-state index contributed by atoms with van der Waals surface area (Å²) in [5.74, 6) is 0. The molecule has 140 valence electrons. The number of nitrogens with zero attached hydrogens (tertiary/aromatic N) is 4. The molecule has 2 rings (SSSR count). The van der Waals surface area contributed by atoms with Crippen LogP contribution in [0.3, 0.4) is 0 Å². The van der Waals surface area contributed by atoms with Crippen molar-refractivity contribution in [2.45, 2.75) is 12.1 Å². The number of rotatable bonds is 3. The number of halogens is 5. The monoisotopic (exact) mass is 394 g/mol. The maximum absolute atomic E-state index is 12.1. The second-order valence-electron chi connectivity index (χ2n) is 4.08. The highest BCUT2D eigenvalue weighted by molar-refractivity contribution is 7.86. The smallest absolute Gasteiger partial charge is 0.485 e. The molecule has 0 unspecified atom stereocenters. The molecule has 16 heteroatoms. The van der Waals surface area contributed by atoms with Crippen LogP contribution in [0.25, 0.3) is 11.0 Å². The summed E-state index contributed by atoms with van der Waals surface area (Å²) in [6.07, 6.45) is 0. The van der Waals surface area contributed by atoms with E-state index in [2.05, 4.69) is 10.1 Å². The molecule has 0 atom stereocenters. The highest BCUT2D eigenvalue weighted by Crippen LogP contribution is 2.20. The lowest BCUT2D eigenvalue weighted by molar-refractivity contribution is -0.711. The summed E-state index contributed by atoms with van der Waals surface area (Å²) in [7, 11) is -4.58. The predicted octanol–water partition coefficient (Wildman–Crippen LogP) is 0.472. The van der Waals surface area contributed by atoms with Crippen LogP contribution in [-0.4, -0.2) is 40.1 Å². The van der Waals surface area contributed by atoms with E-state index in [1.165, 1.54) is 23.9 Å². The number of nitro groups is 1. The van der Waals surface area contributed by atoms with Crippen LogP contribution < -0.4 is 9.52 Å². The lowest BCUT2D eigenvalue weighted by Crippen LogP contribution is -2.33. The van der Waals surface area contributed by atoms with E-state index < -0.39 is 27.2 Å². The Balaban J connectivity index is 0.000000333. The summed E-state index contributed by atoms with van der Waals surface area (Å²) in [6, 6.07) is 3.78. The van der Waals surface area contributed by atoms with Crippen molar-refractivity contribution in [3.05, 3.63) is 28.3 Å². The third kappa shape index (κ3) is 5.18. The number of fused-ring (bicyclic) bond motifs is 1. The molecule has 2 aromatic rings. The fourth-order valence-electron chi connectivity index (χ4n) is 1.42. The standard InChI is InChI=1S/C8H7F2N4O3.CHF3O3S/c1-12-6-3-2-5(14(15)16)4-7(6)13(11-12)17-8(9)10;2-1(3,4)8(5,6)7/h2-4,8H,1H3;(H,5,6,7)/q+1;/p-1. The molecule has 1 heterocycles. The largest absolute Gasteiger partial charge is 0.741 e. The van der Waals surface area contributed by atoms with E-state index in [0.29, 0.717) is 10.4 Å². The van der Waals surface area contributed by atoms with Gasteiger partial charge in [-0.1, -0.05) is 0 Å². The minimum absolute atomic E-state index is 0.0991. The third-order valence-electron chi connectivity index (χ3n) is 2.40. The summed E-state index contributed by atoms with van der Waals surface area (Å²) in [4.78, 5) is 14.6. The topological polar surface area (TPSA) is 131 Å². The maximum Gasteiger partial charge on any atom is 0.485 e. The van der Waals surface area contributed by atoms with E-state index in [-0.39, 0.29) is 11.2 Å². The van der Waals surface area contributed by atoms with Gasteiger partial charge in [0.25, 0.3) is 11.2 Å². The molecule has 10 nitrogen and oxygen atoms in total. The molecule has 0 N–H and O–H groups in total. The van der Waals surface area contributed by atoms with Crippen molar-refractivity contribution in [2.24, 2.45) is 7.05 Å². The minimum Gasteiger partial charge on any atom is -0.741 e. The van der Waals surface area contributed by atoms with Gasteiger partial charge in [-0.3, -0.25) is 10.1 Å². The molecular formula is C9H7F5N4O6S. The summed E-state index contributed by atoms with van der Waals surface area (Å²) in [5.41, 5.74) is -5.33. The summed E-state index contributed by atoms with van der Waals surface area (Å²) in [6.45, 7) is -3.06. The van der Waals surface area contributed by atoms with Crippen LogP contribution in [0.4, 0.5) is 27.6 Å². The normalized spacial score (nSPS) is 12.0. The Bertz CT molecular complexity index is 880. The quantitative estimate of drug-likeness (QED) is 0.185. The molecule has 0 spiro atoms. The molecule has 0 radical (unpaired) electrons. The van der Waals surface area contributed by atoms with Gasteiger partial charge in [-0.2, -0.15) is 22.0 Å². The Labute approximate surface area is 134 Å². The van der Waals surface area contributed by atoms with Crippen LogP contribution in [0.1, 0.15) is 0 Å². The van der Waals surface area contributed by atoms with Crippen molar-refractivity contribution in [3.63, 3.8) is 0 Å². The number of aromatic nitrogens is 3. The van der Waals surface area contributed by atoms with Crippen molar-refractivity contribution < 1.29 is 49.4 Å². The number of non-ortho nitro benzene ring substituents is 1. The van der Waals surface area contributed by atoms with Crippen LogP contribution in [0.5, 0.6) is 0 Å². The summed E-state index contributed by atoms with van der Waals surface area (Å²) in [5, 5.41) is 14.2. The lowest BCUT2D eigenvalue weighted by Gasteiger charge is -2.08. The zero-order valence-electron chi connectivity index (χ0n) is 11.8. The number of alkyl halides is 5. The van der Waals surface area contributed by atoms with E-state index in [0.717, 1.165) is 6.07 Å². The molecule has 0 saturated carbocycles. The first-order valence-corrected chi connectivity index (χ1v) is 7.16. The van der Waals surface area contributed by atoms with Gasteiger partial charge in [0.2, 0.25) is 5.52 Å². The van der Waals surface area contributed by atoms with E-state index >= 15 is 0 Å². The Hall–Kier alpha value is -2.62. The molecule has 1 aromatic carbocycles. The van der Waals surface area contributed by atoms with E-state index in [9.17, 15) is 32.1 Å². The minimum atomic E-state index is -6.09. The molecule has 25 heavy (non-hydrogen) atoms. The maximum atomic E-state index is 12.1. The Kier molecular flexibility index (Phi) is 5.80. The zero-order valence-corrected chi connectivity index (χ0v) is 12.7. The average molecular weight is 394 g/mol. The van der Waals surface area contributed by atoms with Gasteiger partial charge in [-0.05, 0) is 6.07 Å². The van der Waals surface area contributed by atoms with Crippen LogP contribution in [-0.2, 0) is 17.2 Å². The summed E-state index contributed by atoms with van der Waals surface area (Å²) >= 11 is 0. The molecule has 0 aliphatic rings. The molecule has 1 aromatic heterocycles. The van der Waals surface area contributed by atoms with Crippen molar-refractivity contribution in [3.8, 4) is 0 Å². The molecule has 0 aliphatic carbocycles. The third-order valence-corrected chi connectivity index (χ3v) is 2.97. The van der Waals surface area contributed by atoms with Crippen molar-refractivity contribution in [2.75, 3.05) is 0 Å². The van der Waals surface area contributed by atoms with Gasteiger partial charge < -0.3 is 4.55 Å². The van der Waals surface area contributed by atoms with Crippen LogP contribution in [0.2, 0.25) is 0 Å². The van der Waals surface area contributed by atoms with E-state index in [4.69, 9.17) is 13.0 Å².